The van der Waals surface area contributed by atoms with Gasteiger partial charge in [0.25, 0.3) is 0 Å². The summed E-state index contributed by atoms with van der Waals surface area (Å²) >= 11 is 0. The molecule has 1 aliphatic heterocycles. The van der Waals surface area contributed by atoms with E-state index in [4.69, 9.17) is 14.2 Å². The Morgan fingerprint density at radius 3 is 2.76 bits per heavy atom. The van der Waals surface area contributed by atoms with Crippen LogP contribution in [0.4, 0.5) is 0 Å². The van der Waals surface area contributed by atoms with Crippen LogP contribution < -0.4 is 0 Å². The lowest BCUT2D eigenvalue weighted by Gasteiger charge is -2.35. The van der Waals surface area contributed by atoms with E-state index >= 15 is 0 Å². The van der Waals surface area contributed by atoms with Gasteiger partial charge in [0.2, 0.25) is 0 Å². The molecule has 0 saturated carbocycles. The molecule has 4 heteroatoms. The van der Waals surface area contributed by atoms with Crippen LogP contribution in [-0.4, -0.2) is 44.6 Å². The first-order valence-corrected chi connectivity index (χ1v) is 7.50. The van der Waals surface area contributed by atoms with Gasteiger partial charge in [0.15, 0.2) is 0 Å². The largest absolute Gasteiger partial charge is 0.497 e. The molecule has 1 aliphatic rings. The van der Waals surface area contributed by atoms with Gasteiger partial charge >= 0.3 is 0 Å². The van der Waals surface area contributed by atoms with Crippen molar-refractivity contribution in [3.8, 4) is 0 Å². The van der Waals surface area contributed by atoms with Gasteiger partial charge in [-0.25, -0.2) is 0 Å². The highest BCUT2D eigenvalue weighted by atomic mass is 16.7. The highest BCUT2D eigenvalue weighted by Gasteiger charge is 2.24. The highest BCUT2D eigenvalue weighted by molar-refractivity contribution is 5.16. The van der Waals surface area contributed by atoms with E-state index in [0.29, 0.717) is 19.4 Å². The first kappa shape index (κ1) is 16.0. The summed E-state index contributed by atoms with van der Waals surface area (Å²) in [5.41, 5.74) is 1.31. The molecule has 0 fully saturated rings. The summed E-state index contributed by atoms with van der Waals surface area (Å²) in [5, 5.41) is 0. The van der Waals surface area contributed by atoms with Crippen molar-refractivity contribution in [1.82, 2.24) is 4.90 Å². The molecule has 0 N–H and O–H groups in total. The van der Waals surface area contributed by atoms with E-state index in [1.54, 1.807) is 7.11 Å². The average Bonchev–Trinajstić information content (AvgIpc) is 2.51. The summed E-state index contributed by atoms with van der Waals surface area (Å²) in [5.74, 6) is 1.07. The predicted octanol–water partition coefficient (Wildman–Crippen LogP) is 2.80. The molecule has 1 aromatic carbocycles. The molecule has 0 bridgehead atoms. The second kappa shape index (κ2) is 8.82. The zero-order chi connectivity index (χ0) is 14.9. The molecule has 0 aromatic heterocycles. The van der Waals surface area contributed by atoms with E-state index in [0.717, 1.165) is 31.9 Å². The van der Waals surface area contributed by atoms with Crippen LogP contribution in [0.3, 0.4) is 0 Å². The normalized spacial score (nSPS) is 19.3. The molecule has 1 heterocycles. The minimum Gasteiger partial charge on any atom is -0.497 e. The van der Waals surface area contributed by atoms with Crippen molar-refractivity contribution in [2.45, 2.75) is 25.9 Å². The van der Waals surface area contributed by atoms with Crippen molar-refractivity contribution in [3.63, 3.8) is 0 Å². The summed E-state index contributed by atoms with van der Waals surface area (Å²) in [6.45, 7) is 5.51. The summed E-state index contributed by atoms with van der Waals surface area (Å²) in [4.78, 5) is 2.41. The Bertz CT molecular complexity index is 433. The Hall–Kier alpha value is -1.36. The molecule has 4 nitrogen and oxygen atoms in total. The Labute approximate surface area is 127 Å². The molecule has 1 atom stereocenters. The van der Waals surface area contributed by atoms with Crippen LogP contribution in [0.1, 0.15) is 18.9 Å². The molecule has 0 aliphatic carbocycles. The minimum atomic E-state index is 0.345. The fourth-order valence-corrected chi connectivity index (χ4v) is 2.54. The van der Waals surface area contributed by atoms with Crippen LogP contribution in [0.15, 0.2) is 42.2 Å². The summed E-state index contributed by atoms with van der Waals surface area (Å²) in [6, 6.07) is 10.9. The molecule has 21 heavy (non-hydrogen) atoms. The van der Waals surface area contributed by atoms with Gasteiger partial charge in [-0.2, -0.15) is 0 Å². The van der Waals surface area contributed by atoms with Gasteiger partial charge in [0.1, 0.15) is 12.6 Å². The summed E-state index contributed by atoms with van der Waals surface area (Å²) < 4.78 is 16.2. The highest BCUT2D eigenvalue weighted by Crippen LogP contribution is 2.20. The van der Waals surface area contributed by atoms with E-state index in [1.807, 2.05) is 13.0 Å². The van der Waals surface area contributed by atoms with Crippen molar-refractivity contribution < 1.29 is 14.2 Å². The fourth-order valence-electron chi connectivity index (χ4n) is 2.54. The smallest absolute Gasteiger partial charge is 0.146 e. The fraction of sp³-hybridized carbons (Fsp3) is 0.529. The topological polar surface area (TPSA) is 30.9 Å². The van der Waals surface area contributed by atoms with Crippen LogP contribution in [0.2, 0.25) is 0 Å². The Balaban J connectivity index is 1.99. The van der Waals surface area contributed by atoms with Crippen molar-refractivity contribution in [3.05, 3.63) is 47.7 Å². The summed E-state index contributed by atoms with van der Waals surface area (Å²) in [7, 11) is 1.65. The van der Waals surface area contributed by atoms with Gasteiger partial charge in [0, 0.05) is 19.7 Å². The van der Waals surface area contributed by atoms with Gasteiger partial charge in [0.05, 0.1) is 19.8 Å². The van der Waals surface area contributed by atoms with Gasteiger partial charge in [-0.15, -0.1) is 0 Å². The van der Waals surface area contributed by atoms with E-state index in [1.165, 1.54) is 5.56 Å². The summed E-state index contributed by atoms with van der Waals surface area (Å²) in [6.07, 6.45) is 3.14. The Kier molecular flexibility index (Phi) is 6.73. The second-order valence-electron chi connectivity index (χ2n) is 5.16. The number of hydrogen-bond donors (Lipinski definition) is 0. The van der Waals surface area contributed by atoms with Gasteiger partial charge in [-0.1, -0.05) is 30.3 Å². The van der Waals surface area contributed by atoms with Crippen molar-refractivity contribution in [2.75, 3.05) is 33.7 Å². The molecular formula is C17H25NO3. The second-order valence-corrected chi connectivity index (χ2v) is 5.16. The average molecular weight is 291 g/mol. The number of methoxy groups -OCH3 is 1. The lowest BCUT2D eigenvalue weighted by Crippen LogP contribution is -2.42. The minimum absolute atomic E-state index is 0.345. The zero-order valence-corrected chi connectivity index (χ0v) is 13.0. The molecule has 0 amide bonds. The monoisotopic (exact) mass is 291 g/mol. The maximum Gasteiger partial charge on any atom is 0.146 e. The quantitative estimate of drug-likeness (QED) is 0.544. The molecule has 1 aromatic rings. The van der Waals surface area contributed by atoms with Crippen LogP contribution in [0.25, 0.3) is 0 Å². The molecular weight excluding hydrogens is 266 g/mol. The molecule has 0 saturated heterocycles. The zero-order valence-electron chi connectivity index (χ0n) is 13.0. The third-order valence-electron chi connectivity index (χ3n) is 3.56. The van der Waals surface area contributed by atoms with E-state index in [9.17, 15) is 0 Å². The first-order chi connectivity index (χ1) is 10.3. The van der Waals surface area contributed by atoms with Gasteiger partial charge in [-0.3, -0.25) is 4.90 Å². The van der Waals surface area contributed by atoms with Crippen molar-refractivity contribution >= 4 is 0 Å². The van der Waals surface area contributed by atoms with E-state index in [2.05, 4.69) is 35.2 Å². The van der Waals surface area contributed by atoms with Gasteiger partial charge < -0.3 is 14.2 Å². The van der Waals surface area contributed by atoms with E-state index < -0.39 is 0 Å². The lowest BCUT2D eigenvalue weighted by atomic mass is 10.1. The molecule has 2 rings (SSSR count). The van der Waals surface area contributed by atoms with Crippen LogP contribution >= 0.6 is 0 Å². The molecule has 1 unspecified atom stereocenters. The lowest BCUT2D eigenvalue weighted by molar-refractivity contribution is -0.0543. The number of rotatable bonds is 8. The third kappa shape index (κ3) is 5.16. The van der Waals surface area contributed by atoms with E-state index in [-0.39, 0.29) is 0 Å². The number of benzene rings is 1. The maximum atomic E-state index is 5.68. The molecule has 0 spiro atoms. The number of ether oxygens (including phenoxy) is 3. The van der Waals surface area contributed by atoms with Crippen molar-refractivity contribution in [1.29, 1.82) is 0 Å². The third-order valence-corrected chi connectivity index (χ3v) is 3.56. The predicted molar refractivity (Wildman–Crippen MR) is 82.8 cm³/mol. The Morgan fingerprint density at radius 2 is 2.05 bits per heavy atom. The number of nitrogens with zero attached hydrogens (tertiary/aromatic N) is 1. The van der Waals surface area contributed by atoms with Crippen LogP contribution in [-0.2, 0) is 20.8 Å². The SMILES string of the molecule is CCOC1=CCC(COCOC)N(Cc2ccccc2)C1. The standard InChI is InChI=1S/C17H25NO3/c1-3-21-17-10-9-16(13-20-14-19-2)18(12-17)11-15-7-5-4-6-8-15/h4-8,10,16H,3,9,11-14H2,1-2H3. The maximum absolute atomic E-state index is 5.68. The first-order valence-electron chi connectivity index (χ1n) is 7.50. The molecule has 0 radical (unpaired) electrons. The van der Waals surface area contributed by atoms with Crippen LogP contribution in [0.5, 0.6) is 0 Å². The van der Waals surface area contributed by atoms with Crippen molar-refractivity contribution in [2.24, 2.45) is 0 Å². The molecule has 116 valence electrons. The van der Waals surface area contributed by atoms with Crippen LogP contribution in [0, 0.1) is 0 Å². The number of hydrogen-bond acceptors (Lipinski definition) is 4. The van der Waals surface area contributed by atoms with Gasteiger partial charge in [-0.05, 0) is 25.0 Å². The Morgan fingerprint density at radius 1 is 1.24 bits per heavy atom.